The maximum absolute atomic E-state index is 15.4. The van der Waals surface area contributed by atoms with Crippen molar-refractivity contribution in [2.24, 2.45) is 0 Å². The largest absolute Gasteiger partial charge is 0.496 e. The van der Waals surface area contributed by atoms with Crippen molar-refractivity contribution in [2.75, 3.05) is 43.6 Å². The van der Waals surface area contributed by atoms with Crippen LogP contribution in [0, 0.1) is 0 Å². The van der Waals surface area contributed by atoms with Crippen LogP contribution in [0.15, 0.2) is 42.5 Å². The molecule has 0 spiro atoms. The first kappa shape index (κ1) is 21.9. The van der Waals surface area contributed by atoms with Gasteiger partial charge in [-0.15, -0.1) is 0 Å². The van der Waals surface area contributed by atoms with Crippen molar-refractivity contribution >= 4 is 22.4 Å². The van der Waals surface area contributed by atoms with E-state index in [9.17, 15) is 0 Å². The zero-order valence-electron chi connectivity index (χ0n) is 19.9. The second-order valence-corrected chi connectivity index (χ2v) is 9.41. The lowest BCUT2D eigenvalue weighted by atomic mass is 9.81. The third-order valence-electron chi connectivity index (χ3n) is 7.49. The normalized spacial score (nSPS) is 18.2. The van der Waals surface area contributed by atoms with Crippen LogP contribution >= 0.6 is 0 Å². The Morgan fingerprint density at radius 1 is 1.12 bits per heavy atom. The van der Waals surface area contributed by atoms with Crippen LogP contribution in [0.25, 0.3) is 10.9 Å². The highest BCUT2D eigenvalue weighted by molar-refractivity contribution is 5.92. The molecule has 0 atom stereocenters. The Kier molecular flexibility index (Phi) is 5.85. The van der Waals surface area contributed by atoms with E-state index in [-0.39, 0.29) is 0 Å². The number of para-hydroxylation sites is 1. The fourth-order valence-electron chi connectivity index (χ4n) is 5.08. The van der Waals surface area contributed by atoms with E-state index in [1.165, 1.54) is 5.56 Å². The molecule has 174 valence electrons. The van der Waals surface area contributed by atoms with Crippen LogP contribution in [0.3, 0.4) is 0 Å². The molecule has 2 heterocycles. The van der Waals surface area contributed by atoms with Gasteiger partial charge in [0.15, 0.2) is 11.5 Å². The number of hydrogen-bond acceptors (Lipinski definition) is 5. The molecule has 0 amide bonds. The van der Waals surface area contributed by atoms with Crippen molar-refractivity contribution < 1.29 is 9.13 Å². The molecule has 1 aliphatic carbocycles. The Morgan fingerprint density at radius 3 is 2.55 bits per heavy atom. The summed E-state index contributed by atoms with van der Waals surface area (Å²) in [6.07, 6.45) is 3.96. The number of nitrogens with zero attached hydrogens (tertiary/aromatic N) is 4. The van der Waals surface area contributed by atoms with Crippen molar-refractivity contribution in [3.8, 4) is 5.75 Å². The van der Waals surface area contributed by atoms with Crippen molar-refractivity contribution in [3.63, 3.8) is 0 Å². The Morgan fingerprint density at radius 2 is 1.88 bits per heavy atom. The lowest BCUT2D eigenvalue weighted by Gasteiger charge is -2.36. The van der Waals surface area contributed by atoms with Crippen LogP contribution in [-0.4, -0.2) is 43.8 Å². The van der Waals surface area contributed by atoms with Gasteiger partial charge in [0.25, 0.3) is 0 Å². The van der Waals surface area contributed by atoms with Crippen molar-refractivity contribution in [1.82, 2.24) is 9.97 Å². The number of methoxy groups -OCH3 is 1. The summed E-state index contributed by atoms with van der Waals surface area (Å²) in [7, 11) is 3.82. The van der Waals surface area contributed by atoms with Gasteiger partial charge in [0, 0.05) is 37.8 Å². The number of rotatable bonds is 6. The summed E-state index contributed by atoms with van der Waals surface area (Å²) in [6.45, 7) is 4.80. The van der Waals surface area contributed by atoms with E-state index in [2.05, 4.69) is 53.0 Å². The summed E-state index contributed by atoms with van der Waals surface area (Å²) < 4.78 is 21.0. The Labute approximate surface area is 195 Å². The molecule has 0 bridgehead atoms. The Hall–Kier alpha value is -2.89. The average molecular weight is 449 g/mol. The molecule has 2 aromatic carbocycles. The lowest BCUT2D eigenvalue weighted by Crippen LogP contribution is -2.36. The fraction of sp³-hybridized carbons (Fsp3) is 0.481. The average Bonchev–Trinajstić information content (AvgIpc) is 2.85. The van der Waals surface area contributed by atoms with E-state index in [0.717, 1.165) is 67.1 Å². The van der Waals surface area contributed by atoms with Crippen LogP contribution in [0.2, 0.25) is 0 Å². The van der Waals surface area contributed by atoms with E-state index >= 15 is 4.39 Å². The monoisotopic (exact) mass is 448 g/mol. The first-order chi connectivity index (χ1) is 16.0. The summed E-state index contributed by atoms with van der Waals surface area (Å²) in [5.74, 6) is 2.65. The molecule has 2 fully saturated rings. The Bertz CT molecular complexity index is 1140. The van der Waals surface area contributed by atoms with Crippen LogP contribution in [0.4, 0.5) is 15.9 Å². The first-order valence-corrected chi connectivity index (χ1v) is 12.1. The number of fused-ring (bicyclic) bond motifs is 1. The molecule has 0 N–H and O–H groups in total. The lowest BCUT2D eigenvalue weighted by molar-refractivity contribution is 0.0512. The minimum Gasteiger partial charge on any atom is -0.496 e. The van der Waals surface area contributed by atoms with Gasteiger partial charge in [-0.3, -0.25) is 0 Å². The summed E-state index contributed by atoms with van der Waals surface area (Å²) in [4.78, 5) is 14.1. The van der Waals surface area contributed by atoms with Gasteiger partial charge in [-0.05, 0) is 74.8 Å². The van der Waals surface area contributed by atoms with Crippen LogP contribution in [0.1, 0.15) is 56.3 Å². The molecular formula is C27H33FN4O. The number of piperidine rings is 1. The van der Waals surface area contributed by atoms with Crippen molar-refractivity contribution in [3.05, 3.63) is 53.9 Å². The fourth-order valence-corrected chi connectivity index (χ4v) is 5.08. The van der Waals surface area contributed by atoms with E-state index in [4.69, 9.17) is 9.72 Å². The van der Waals surface area contributed by atoms with Gasteiger partial charge < -0.3 is 14.5 Å². The van der Waals surface area contributed by atoms with Crippen LogP contribution < -0.4 is 14.5 Å². The molecule has 1 saturated carbocycles. The minimum atomic E-state index is -1.38. The highest BCUT2D eigenvalue weighted by Crippen LogP contribution is 2.45. The predicted molar refractivity (Wildman–Crippen MR) is 132 cm³/mol. The molecular weight excluding hydrogens is 415 g/mol. The summed E-state index contributed by atoms with van der Waals surface area (Å²) in [5.41, 5.74) is 1.86. The van der Waals surface area contributed by atoms with Gasteiger partial charge >= 0.3 is 0 Å². The number of halogens is 1. The second kappa shape index (κ2) is 8.81. The third-order valence-corrected chi connectivity index (χ3v) is 7.49. The van der Waals surface area contributed by atoms with Gasteiger partial charge in [0.1, 0.15) is 11.6 Å². The van der Waals surface area contributed by atoms with E-state index < -0.39 is 5.67 Å². The molecule has 3 aromatic rings. The van der Waals surface area contributed by atoms with Gasteiger partial charge in [-0.1, -0.05) is 18.2 Å². The molecule has 2 aliphatic rings. The third kappa shape index (κ3) is 4.00. The van der Waals surface area contributed by atoms with Gasteiger partial charge in [-0.25, -0.2) is 14.4 Å². The van der Waals surface area contributed by atoms with E-state index in [0.29, 0.717) is 24.6 Å². The van der Waals surface area contributed by atoms with Crippen molar-refractivity contribution in [1.29, 1.82) is 0 Å². The first-order valence-electron chi connectivity index (χ1n) is 12.1. The van der Waals surface area contributed by atoms with Crippen molar-refractivity contribution in [2.45, 2.75) is 50.6 Å². The molecule has 33 heavy (non-hydrogen) atoms. The molecule has 5 rings (SSSR count). The predicted octanol–water partition coefficient (Wildman–Crippen LogP) is 5.83. The molecule has 0 unspecified atom stereocenters. The maximum Gasteiger partial charge on any atom is 0.170 e. The molecule has 1 aliphatic heterocycles. The van der Waals surface area contributed by atoms with E-state index in [1.807, 2.05) is 18.2 Å². The molecule has 5 nitrogen and oxygen atoms in total. The number of anilines is 2. The summed E-state index contributed by atoms with van der Waals surface area (Å²) in [5, 5.41) is 1.01. The Balaban J connectivity index is 1.49. The number of hydrogen-bond donors (Lipinski definition) is 0. The molecule has 1 saturated heterocycles. The highest BCUT2D eigenvalue weighted by Gasteiger charge is 2.42. The second-order valence-electron chi connectivity index (χ2n) is 9.41. The van der Waals surface area contributed by atoms with Gasteiger partial charge in [0.05, 0.1) is 12.6 Å². The maximum atomic E-state index is 15.4. The SMILES string of the molecule is CCN(C)c1ccc2nc(C3(F)CCC3)nc(N3CCC(c4ccccc4OC)CC3)c2c1. The minimum absolute atomic E-state index is 0.361. The number of alkyl halides is 1. The molecule has 1 aromatic heterocycles. The zero-order valence-corrected chi connectivity index (χ0v) is 19.9. The quantitative estimate of drug-likeness (QED) is 0.475. The van der Waals surface area contributed by atoms with Gasteiger partial charge in [0.2, 0.25) is 0 Å². The number of ether oxygens (including phenoxy) is 1. The number of aromatic nitrogens is 2. The smallest absolute Gasteiger partial charge is 0.170 e. The molecule has 0 radical (unpaired) electrons. The summed E-state index contributed by atoms with van der Waals surface area (Å²) in [6, 6.07) is 14.6. The standard InChI is InChI=1S/C27H33FN4O/c1-4-31(2)20-10-11-23-22(18-20)25(30-26(29-23)27(28)14-7-15-27)32-16-12-19(13-17-32)21-8-5-6-9-24(21)33-3/h5-6,8-11,18-19H,4,7,12-17H2,1-3H3. The van der Waals surface area contributed by atoms with E-state index in [1.54, 1.807) is 7.11 Å². The number of benzene rings is 2. The van der Waals surface area contributed by atoms with Gasteiger partial charge in [-0.2, -0.15) is 0 Å². The highest BCUT2D eigenvalue weighted by atomic mass is 19.1. The summed E-state index contributed by atoms with van der Waals surface area (Å²) >= 11 is 0. The topological polar surface area (TPSA) is 41.5 Å². The molecule has 6 heteroatoms. The van der Waals surface area contributed by atoms with Crippen LogP contribution in [-0.2, 0) is 5.67 Å². The zero-order chi connectivity index (χ0) is 23.0. The van der Waals surface area contributed by atoms with Crippen LogP contribution in [0.5, 0.6) is 5.75 Å².